The maximum Gasteiger partial charge on any atom is 0.124 e. The third-order valence-electron chi connectivity index (χ3n) is 2.47. The molecule has 16 heavy (non-hydrogen) atoms. The van der Waals surface area contributed by atoms with Crippen molar-refractivity contribution in [2.24, 2.45) is 5.73 Å². The van der Waals surface area contributed by atoms with Gasteiger partial charge in [0.05, 0.1) is 6.61 Å². The third kappa shape index (κ3) is 3.70. The first-order valence-corrected chi connectivity index (χ1v) is 5.75. The van der Waals surface area contributed by atoms with Crippen molar-refractivity contribution in [3.63, 3.8) is 0 Å². The van der Waals surface area contributed by atoms with Crippen LogP contribution in [0.5, 0.6) is 5.75 Å². The van der Waals surface area contributed by atoms with Crippen LogP contribution < -0.4 is 10.5 Å². The van der Waals surface area contributed by atoms with E-state index < -0.39 is 0 Å². The van der Waals surface area contributed by atoms with Gasteiger partial charge in [0.2, 0.25) is 0 Å². The first-order chi connectivity index (χ1) is 7.65. The van der Waals surface area contributed by atoms with E-state index in [1.807, 2.05) is 19.1 Å². The van der Waals surface area contributed by atoms with Crippen LogP contribution in [0.3, 0.4) is 0 Å². The molecule has 0 spiro atoms. The minimum absolute atomic E-state index is 0.00862. The number of hydrogen-bond donors (Lipinski definition) is 1. The van der Waals surface area contributed by atoms with Gasteiger partial charge in [-0.3, -0.25) is 0 Å². The molecule has 2 N–H and O–H groups in total. The Morgan fingerprint density at radius 3 is 2.88 bits per heavy atom. The van der Waals surface area contributed by atoms with Gasteiger partial charge in [-0.15, -0.1) is 6.58 Å². The van der Waals surface area contributed by atoms with Gasteiger partial charge >= 0.3 is 0 Å². The van der Waals surface area contributed by atoms with Crippen molar-refractivity contribution < 1.29 is 4.74 Å². The molecule has 0 heterocycles. The predicted octanol–water partition coefficient (Wildman–Crippen LogP) is 3.36. The summed E-state index contributed by atoms with van der Waals surface area (Å²) in [6, 6.07) is 6.15. The standard InChI is InChI=1S/C14H21NO/c1-4-5-6-9-16-14-8-7-11(2)10-13(14)12(3)15/h4,7-8,10,12H,1,5-6,9,15H2,2-3H3/t12-/m1/s1. The number of benzene rings is 1. The molecule has 0 radical (unpaired) electrons. The molecule has 0 fully saturated rings. The summed E-state index contributed by atoms with van der Waals surface area (Å²) in [6.45, 7) is 8.44. The lowest BCUT2D eigenvalue weighted by Crippen LogP contribution is -2.09. The molecule has 1 aromatic rings. The fourth-order valence-electron chi connectivity index (χ4n) is 1.56. The van der Waals surface area contributed by atoms with Crippen LogP contribution in [-0.2, 0) is 0 Å². The number of ether oxygens (including phenoxy) is 1. The van der Waals surface area contributed by atoms with Crippen molar-refractivity contribution in [3.05, 3.63) is 42.0 Å². The first kappa shape index (κ1) is 12.8. The van der Waals surface area contributed by atoms with E-state index in [0.717, 1.165) is 30.8 Å². The van der Waals surface area contributed by atoms with Crippen LogP contribution in [0.2, 0.25) is 0 Å². The predicted molar refractivity (Wildman–Crippen MR) is 68.7 cm³/mol. The van der Waals surface area contributed by atoms with Gasteiger partial charge in [0.1, 0.15) is 5.75 Å². The summed E-state index contributed by atoms with van der Waals surface area (Å²) < 4.78 is 5.73. The van der Waals surface area contributed by atoms with Crippen LogP contribution in [0.4, 0.5) is 0 Å². The zero-order chi connectivity index (χ0) is 12.0. The number of allylic oxidation sites excluding steroid dienone is 1. The number of aryl methyl sites for hydroxylation is 1. The van der Waals surface area contributed by atoms with Gasteiger partial charge in [-0.2, -0.15) is 0 Å². The van der Waals surface area contributed by atoms with Crippen LogP contribution in [0.25, 0.3) is 0 Å². The highest BCUT2D eigenvalue weighted by Gasteiger charge is 2.07. The van der Waals surface area contributed by atoms with Crippen molar-refractivity contribution >= 4 is 0 Å². The van der Waals surface area contributed by atoms with E-state index in [2.05, 4.69) is 25.6 Å². The number of unbranched alkanes of at least 4 members (excludes halogenated alkanes) is 1. The van der Waals surface area contributed by atoms with E-state index in [0.29, 0.717) is 0 Å². The Bertz CT molecular complexity index is 345. The monoisotopic (exact) mass is 219 g/mol. The number of nitrogens with two attached hydrogens (primary N) is 1. The van der Waals surface area contributed by atoms with Crippen molar-refractivity contribution in [2.45, 2.75) is 32.7 Å². The summed E-state index contributed by atoms with van der Waals surface area (Å²) in [5.41, 5.74) is 8.21. The molecule has 0 saturated carbocycles. The molecule has 0 unspecified atom stereocenters. The summed E-state index contributed by atoms with van der Waals surface area (Å²) in [6.07, 6.45) is 3.89. The van der Waals surface area contributed by atoms with Crippen molar-refractivity contribution in [2.75, 3.05) is 6.61 Å². The van der Waals surface area contributed by atoms with Crippen LogP contribution in [0.15, 0.2) is 30.9 Å². The van der Waals surface area contributed by atoms with Crippen LogP contribution in [-0.4, -0.2) is 6.61 Å². The third-order valence-corrected chi connectivity index (χ3v) is 2.47. The van der Waals surface area contributed by atoms with E-state index in [9.17, 15) is 0 Å². The Morgan fingerprint density at radius 2 is 2.25 bits per heavy atom. The molecule has 0 bridgehead atoms. The molecule has 0 amide bonds. The number of rotatable bonds is 6. The van der Waals surface area contributed by atoms with Gasteiger partial charge in [-0.1, -0.05) is 23.8 Å². The second-order valence-corrected chi connectivity index (χ2v) is 4.11. The highest BCUT2D eigenvalue weighted by Crippen LogP contribution is 2.25. The van der Waals surface area contributed by atoms with Crippen molar-refractivity contribution in [3.8, 4) is 5.75 Å². The van der Waals surface area contributed by atoms with Crippen molar-refractivity contribution in [1.82, 2.24) is 0 Å². The topological polar surface area (TPSA) is 35.2 Å². The molecule has 2 nitrogen and oxygen atoms in total. The van der Waals surface area contributed by atoms with E-state index in [-0.39, 0.29) is 6.04 Å². The fraction of sp³-hybridized carbons (Fsp3) is 0.429. The van der Waals surface area contributed by atoms with E-state index in [1.54, 1.807) is 0 Å². The maximum absolute atomic E-state index is 5.92. The summed E-state index contributed by atoms with van der Waals surface area (Å²) in [5.74, 6) is 0.907. The van der Waals surface area contributed by atoms with Gasteiger partial charge in [-0.05, 0) is 32.8 Å². The van der Waals surface area contributed by atoms with Gasteiger partial charge in [0, 0.05) is 11.6 Å². The van der Waals surface area contributed by atoms with Gasteiger partial charge in [-0.25, -0.2) is 0 Å². The van der Waals surface area contributed by atoms with Crippen molar-refractivity contribution in [1.29, 1.82) is 0 Å². The SMILES string of the molecule is C=CCCCOc1ccc(C)cc1[C@@H](C)N. The Morgan fingerprint density at radius 1 is 1.50 bits per heavy atom. The van der Waals surface area contributed by atoms with Crippen LogP contribution in [0.1, 0.15) is 36.9 Å². The lowest BCUT2D eigenvalue weighted by molar-refractivity contribution is 0.307. The fourth-order valence-corrected chi connectivity index (χ4v) is 1.56. The molecule has 1 aromatic carbocycles. The van der Waals surface area contributed by atoms with Crippen LogP contribution >= 0.6 is 0 Å². The molecule has 0 aliphatic rings. The minimum atomic E-state index is 0.00862. The lowest BCUT2D eigenvalue weighted by atomic mass is 10.1. The van der Waals surface area contributed by atoms with Gasteiger partial charge < -0.3 is 10.5 Å². The molecular formula is C14H21NO. The smallest absolute Gasteiger partial charge is 0.124 e. The van der Waals surface area contributed by atoms with Gasteiger partial charge in [0.25, 0.3) is 0 Å². The zero-order valence-corrected chi connectivity index (χ0v) is 10.2. The Kier molecular flexibility index (Phi) is 5.06. The highest BCUT2D eigenvalue weighted by molar-refractivity contribution is 5.38. The first-order valence-electron chi connectivity index (χ1n) is 5.75. The molecule has 2 heteroatoms. The zero-order valence-electron chi connectivity index (χ0n) is 10.2. The lowest BCUT2D eigenvalue weighted by Gasteiger charge is -2.14. The molecular weight excluding hydrogens is 198 g/mol. The minimum Gasteiger partial charge on any atom is -0.493 e. The summed E-state index contributed by atoms with van der Waals surface area (Å²) in [5, 5.41) is 0. The molecule has 0 aromatic heterocycles. The molecule has 1 atom stereocenters. The molecule has 0 saturated heterocycles. The van der Waals surface area contributed by atoms with E-state index in [1.165, 1.54) is 5.56 Å². The Balaban J connectivity index is 2.67. The second kappa shape index (κ2) is 6.33. The second-order valence-electron chi connectivity index (χ2n) is 4.11. The quantitative estimate of drug-likeness (QED) is 0.588. The van der Waals surface area contributed by atoms with Gasteiger partial charge in [0.15, 0.2) is 0 Å². The summed E-state index contributed by atoms with van der Waals surface area (Å²) >= 11 is 0. The average Bonchev–Trinajstić information content (AvgIpc) is 2.26. The Labute approximate surface area is 98.1 Å². The highest BCUT2D eigenvalue weighted by atomic mass is 16.5. The number of hydrogen-bond acceptors (Lipinski definition) is 2. The molecule has 1 rings (SSSR count). The average molecular weight is 219 g/mol. The molecule has 88 valence electrons. The molecule has 0 aliphatic heterocycles. The summed E-state index contributed by atoms with van der Waals surface area (Å²) in [7, 11) is 0. The summed E-state index contributed by atoms with van der Waals surface area (Å²) in [4.78, 5) is 0. The van der Waals surface area contributed by atoms with E-state index in [4.69, 9.17) is 10.5 Å². The normalized spacial score (nSPS) is 12.2. The maximum atomic E-state index is 5.92. The van der Waals surface area contributed by atoms with E-state index >= 15 is 0 Å². The Hall–Kier alpha value is -1.28. The molecule has 0 aliphatic carbocycles. The largest absolute Gasteiger partial charge is 0.493 e. The van der Waals surface area contributed by atoms with Crippen LogP contribution in [0, 0.1) is 6.92 Å².